The average molecular weight is 381 g/mol. The van der Waals surface area contributed by atoms with Crippen LogP contribution in [-0.4, -0.2) is 54.1 Å². The molecule has 0 spiro atoms. The van der Waals surface area contributed by atoms with Gasteiger partial charge in [0.15, 0.2) is 11.5 Å². The number of aromatic nitrogens is 5. The van der Waals surface area contributed by atoms with Gasteiger partial charge in [0.05, 0.1) is 5.69 Å². The van der Waals surface area contributed by atoms with E-state index in [-0.39, 0.29) is 6.09 Å². The number of nitrogens with zero attached hydrogens (tertiary/aromatic N) is 6. The predicted octanol–water partition coefficient (Wildman–Crippen LogP) is 2.84. The predicted molar refractivity (Wildman–Crippen MR) is 105 cm³/mol. The molecule has 1 aliphatic heterocycles. The van der Waals surface area contributed by atoms with Gasteiger partial charge < -0.3 is 15.0 Å². The minimum absolute atomic E-state index is 0.313. The normalized spacial score (nSPS) is 14.4. The third-order valence-electron chi connectivity index (χ3n) is 4.29. The molecule has 1 N–H and O–H groups in total. The Morgan fingerprint density at radius 3 is 2.86 bits per heavy atom. The molecular weight excluding hydrogens is 358 g/mol. The molecule has 4 rings (SSSR count). The lowest BCUT2D eigenvalue weighted by Gasteiger charge is -2.24. The second kappa shape index (κ2) is 6.66. The first-order chi connectivity index (χ1) is 13.3. The fourth-order valence-corrected chi connectivity index (χ4v) is 3.04. The fraction of sp³-hybridized carbons (Fsp3) is 0.368. The Morgan fingerprint density at radius 2 is 2.14 bits per heavy atom. The van der Waals surface area contributed by atoms with Gasteiger partial charge in [0.25, 0.3) is 0 Å². The Bertz CT molecular complexity index is 1060. The molecule has 0 saturated heterocycles. The number of amides is 1. The topological polar surface area (TPSA) is 89.6 Å². The Labute approximate surface area is 162 Å². The number of nitrogens with one attached hydrogen (secondary N) is 1. The molecular formula is C19H23N7O2. The SMILES string of the molecule is Cn1ccc(Nc2cc(C3=CCN(C(=O)OC(C)(C)C)C3)cn3ncnc23)n1. The molecule has 9 nitrogen and oxygen atoms in total. The molecule has 0 radical (unpaired) electrons. The van der Waals surface area contributed by atoms with Gasteiger partial charge in [0.1, 0.15) is 11.9 Å². The quantitative estimate of drug-likeness (QED) is 0.750. The highest BCUT2D eigenvalue weighted by Gasteiger charge is 2.26. The molecule has 28 heavy (non-hydrogen) atoms. The first kappa shape index (κ1) is 18.0. The summed E-state index contributed by atoms with van der Waals surface area (Å²) in [7, 11) is 1.86. The third-order valence-corrected chi connectivity index (χ3v) is 4.29. The smallest absolute Gasteiger partial charge is 0.410 e. The maximum atomic E-state index is 12.3. The van der Waals surface area contributed by atoms with Crippen LogP contribution in [0.4, 0.5) is 16.3 Å². The molecule has 3 aromatic heterocycles. The van der Waals surface area contributed by atoms with Gasteiger partial charge in [-0.15, -0.1) is 0 Å². The van der Waals surface area contributed by atoms with E-state index in [1.54, 1.807) is 14.1 Å². The number of carbonyl (C=O) groups excluding carboxylic acids is 1. The maximum Gasteiger partial charge on any atom is 0.410 e. The van der Waals surface area contributed by atoms with Crippen LogP contribution in [0.1, 0.15) is 26.3 Å². The summed E-state index contributed by atoms with van der Waals surface area (Å²) in [6.07, 6.45) is 7.01. The van der Waals surface area contributed by atoms with Crippen LogP contribution in [0.5, 0.6) is 0 Å². The number of hydrogen-bond donors (Lipinski definition) is 1. The summed E-state index contributed by atoms with van der Waals surface area (Å²) in [5, 5.41) is 11.9. The van der Waals surface area contributed by atoms with Crippen molar-refractivity contribution in [3.8, 4) is 0 Å². The van der Waals surface area contributed by atoms with Crippen LogP contribution in [-0.2, 0) is 11.8 Å². The summed E-state index contributed by atoms with van der Waals surface area (Å²) < 4.78 is 8.92. The first-order valence-electron chi connectivity index (χ1n) is 9.06. The van der Waals surface area contributed by atoms with Crippen LogP contribution in [0.25, 0.3) is 11.2 Å². The summed E-state index contributed by atoms with van der Waals surface area (Å²) in [5.74, 6) is 0.723. The van der Waals surface area contributed by atoms with Crippen LogP contribution < -0.4 is 5.32 Å². The molecule has 0 bridgehead atoms. The maximum absolute atomic E-state index is 12.3. The van der Waals surface area contributed by atoms with Crippen molar-refractivity contribution in [2.24, 2.45) is 7.05 Å². The Morgan fingerprint density at radius 1 is 1.32 bits per heavy atom. The zero-order valence-electron chi connectivity index (χ0n) is 16.4. The van der Waals surface area contributed by atoms with E-state index in [2.05, 4.69) is 20.5 Å². The van der Waals surface area contributed by atoms with E-state index in [1.165, 1.54) is 6.33 Å². The van der Waals surface area contributed by atoms with Gasteiger partial charge in [-0.1, -0.05) is 6.08 Å². The van der Waals surface area contributed by atoms with Crippen LogP contribution in [0.15, 0.2) is 36.9 Å². The number of fused-ring (bicyclic) bond motifs is 1. The zero-order chi connectivity index (χ0) is 19.9. The van der Waals surface area contributed by atoms with Crippen LogP contribution in [0.3, 0.4) is 0 Å². The van der Waals surface area contributed by atoms with Crippen molar-refractivity contribution in [3.05, 3.63) is 42.5 Å². The first-order valence-corrected chi connectivity index (χ1v) is 9.06. The summed E-state index contributed by atoms with van der Waals surface area (Å²) in [6, 6.07) is 3.89. The Hall–Kier alpha value is -3.36. The van der Waals surface area contributed by atoms with Crippen LogP contribution >= 0.6 is 0 Å². The summed E-state index contributed by atoms with van der Waals surface area (Å²) >= 11 is 0. The summed E-state index contributed by atoms with van der Waals surface area (Å²) in [6.45, 7) is 6.59. The monoisotopic (exact) mass is 381 g/mol. The van der Waals surface area contributed by atoms with Crippen molar-refractivity contribution in [1.82, 2.24) is 29.3 Å². The standard InChI is InChI=1S/C19H23N7O2/c1-19(2,3)28-18(27)25-8-5-13(10-25)14-9-15(17-20-12-21-26(17)11-14)22-16-6-7-24(4)23-16/h5-7,9,11-12H,8,10H2,1-4H3,(H,22,23). The molecule has 0 fully saturated rings. The fourth-order valence-electron chi connectivity index (χ4n) is 3.04. The summed E-state index contributed by atoms with van der Waals surface area (Å²) in [4.78, 5) is 18.3. The Balaban J connectivity index is 1.58. The molecule has 0 atom stereocenters. The van der Waals surface area contributed by atoms with E-state index in [9.17, 15) is 4.79 Å². The number of ether oxygens (including phenoxy) is 1. The molecule has 0 aliphatic carbocycles. The highest BCUT2D eigenvalue weighted by Crippen LogP contribution is 2.28. The van der Waals surface area contributed by atoms with Crippen LogP contribution in [0, 0.1) is 0 Å². The highest BCUT2D eigenvalue weighted by molar-refractivity contribution is 5.81. The van der Waals surface area contributed by atoms with E-state index < -0.39 is 5.60 Å². The lowest BCUT2D eigenvalue weighted by molar-refractivity contribution is 0.0306. The highest BCUT2D eigenvalue weighted by atomic mass is 16.6. The van der Waals surface area contributed by atoms with Crippen molar-refractivity contribution < 1.29 is 9.53 Å². The number of pyridine rings is 1. The van der Waals surface area contributed by atoms with E-state index in [4.69, 9.17) is 4.74 Å². The number of rotatable bonds is 3. The second-order valence-electron chi connectivity index (χ2n) is 7.76. The molecule has 0 saturated carbocycles. The van der Waals surface area contributed by atoms with Crippen molar-refractivity contribution in [2.45, 2.75) is 26.4 Å². The molecule has 1 amide bonds. The minimum Gasteiger partial charge on any atom is -0.444 e. The van der Waals surface area contributed by atoms with Gasteiger partial charge in [-0.05, 0) is 38.0 Å². The third kappa shape index (κ3) is 3.68. The van der Waals surface area contributed by atoms with Crippen LogP contribution in [0.2, 0.25) is 0 Å². The van der Waals surface area contributed by atoms with E-state index in [0.717, 1.165) is 22.6 Å². The van der Waals surface area contributed by atoms with Gasteiger partial charge in [0, 0.05) is 38.6 Å². The average Bonchev–Trinajstić information content (AvgIpc) is 3.33. The lowest BCUT2D eigenvalue weighted by Crippen LogP contribution is -2.35. The summed E-state index contributed by atoms with van der Waals surface area (Å²) in [5.41, 5.74) is 2.98. The van der Waals surface area contributed by atoms with Gasteiger partial charge in [-0.2, -0.15) is 10.2 Å². The molecule has 4 heterocycles. The minimum atomic E-state index is -0.515. The molecule has 9 heteroatoms. The second-order valence-corrected chi connectivity index (χ2v) is 7.76. The molecule has 1 aliphatic rings. The molecule has 0 unspecified atom stereocenters. The van der Waals surface area contributed by atoms with Gasteiger partial charge in [-0.25, -0.2) is 14.3 Å². The molecule has 0 aromatic carbocycles. The van der Waals surface area contributed by atoms with Crippen molar-refractivity contribution in [3.63, 3.8) is 0 Å². The van der Waals surface area contributed by atoms with Crippen molar-refractivity contribution >= 4 is 28.8 Å². The van der Waals surface area contributed by atoms with Gasteiger partial charge >= 0.3 is 6.09 Å². The molecule has 3 aromatic rings. The number of hydrogen-bond acceptors (Lipinski definition) is 6. The zero-order valence-corrected chi connectivity index (χ0v) is 16.4. The number of aryl methyl sites for hydroxylation is 1. The molecule has 146 valence electrons. The number of anilines is 2. The van der Waals surface area contributed by atoms with E-state index in [0.29, 0.717) is 18.7 Å². The van der Waals surface area contributed by atoms with Gasteiger partial charge in [0.2, 0.25) is 0 Å². The Kier molecular flexibility index (Phi) is 4.29. The van der Waals surface area contributed by atoms with Crippen molar-refractivity contribution in [1.29, 1.82) is 0 Å². The largest absolute Gasteiger partial charge is 0.444 e. The van der Waals surface area contributed by atoms with Gasteiger partial charge in [-0.3, -0.25) is 4.68 Å². The van der Waals surface area contributed by atoms with E-state index in [1.807, 2.05) is 58.4 Å². The van der Waals surface area contributed by atoms with E-state index >= 15 is 0 Å². The lowest BCUT2D eigenvalue weighted by atomic mass is 10.1. The van der Waals surface area contributed by atoms with Crippen molar-refractivity contribution in [2.75, 3.05) is 18.4 Å². The number of carbonyl (C=O) groups is 1.